The number of nitrogens with two attached hydrogens (primary N) is 1. The van der Waals surface area contributed by atoms with Crippen LogP contribution in [-0.4, -0.2) is 26.9 Å². The van der Waals surface area contributed by atoms with E-state index in [2.05, 4.69) is 0 Å². The van der Waals surface area contributed by atoms with E-state index in [1.54, 1.807) is 14.2 Å². The maximum atomic E-state index is 5.94. The maximum absolute atomic E-state index is 5.94. The van der Waals surface area contributed by atoms with E-state index in [-0.39, 0.29) is 12.1 Å². The van der Waals surface area contributed by atoms with Gasteiger partial charge in [0.1, 0.15) is 11.5 Å². The van der Waals surface area contributed by atoms with Crippen LogP contribution in [0.5, 0.6) is 11.5 Å². The highest BCUT2D eigenvalue weighted by Gasteiger charge is 2.12. The van der Waals surface area contributed by atoms with Crippen LogP contribution in [0.3, 0.4) is 0 Å². The Hall–Kier alpha value is -1.26. The van der Waals surface area contributed by atoms with Crippen molar-refractivity contribution in [3.8, 4) is 11.5 Å². The molecule has 0 amide bonds. The first-order chi connectivity index (χ1) is 8.58. The summed E-state index contributed by atoms with van der Waals surface area (Å²) in [5.41, 5.74) is 6.92. The summed E-state index contributed by atoms with van der Waals surface area (Å²) in [7, 11) is 3.32. The van der Waals surface area contributed by atoms with Gasteiger partial charge in [0.15, 0.2) is 0 Å². The predicted octanol–water partition coefficient (Wildman–Crippen LogP) is 2.52. The quantitative estimate of drug-likeness (QED) is 0.811. The lowest BCUT2D eigenvalue weighted by Gasteiger charge is -2.19. The summed E-state index contributed by atoms with van der Waals surface area (Å²) in [6.45, 7) is 4.64. The predicted molar refractivity (Wildman–Crippen MR) is 72.2 cm³/mol. The highest BCUT2D eigenvalue weighted by atomic mass is 16.5. The van der Waals surface area contributed by atoms with Crippen LogP contribution in [0, 0.1) is 0 Å². The first-order valence-corrected chi connectivity index (χ1v) is 6.17. The summed E-state index contributed by atoms with van der Waals surface area (Å²) in [6, 6.07) is 5.65. The van der Waals surface area contributed by atoms with Crippen molar-refractivity contribution in [3.05, 3.63) is 23.8 Å². The molecule has 0 spiro atoms. The minimum Gasteiger partial charge on any atom is -0.497 e. The molecule has 0 bridgehead atoms. The van der Waals surface area contributed by atoms with E-state index in [1.165, 1.54) is 0 Å². The average molecular weight is 253 g/mol. The van der Waals surface area contributed by atoms with Gasteiger partial charge in [0.2, 0.25) is 0 Å². The van der Waals surface area contributed by atoms with E-state index in [9.17, 15) is 0 Å². The van der Waals surface area contributed by atoms with Crippen LogP contribution in [0.4, 0.5) is 0 Å². The zero-order valence-electron chi connectivity index (χ0n) is 11.6. The Labute approximate surface area is 109 Å². The Morgan fingerprint density at radius 2 is 1.94 bits per heavy atom. The molecule has 1 aromatic rings. The fraction of sp³-hybridized carbons (Fsp3) is 0.571. The third kappa shape index (κ3) is 4.20. The second-order valence-electron chi connectivity index (χ2n) is 4.40. The first-order valence-electron chi connectivity index (χ1n) is 6.17. The summed E-state index contributed by atoms with van der Waals surface area (Å²) in [5.74, 6) is 1.56. The van der Waals surface area contributed by atoms with Crippen molar-refractivity contribution >= 4 is 0 Å². The molecule has 4 heteroatoms. The largest absolute Gasteiger partial charge is 0.497 e. The second-order valence-corrected chi connectivity index (χ2v) is 4.40. The monoisotopic (exact) mass is 253 g/mol. The molecule has 1 aromatic carbocycles. The standard InChI is InChI=1S/C14H23NO3/c1-10(7-8-16-3)18-14-9-12(17-4)5-6-13(14)11(2)15/h5-6,9-11H,7-8,15H2,1-4H3/t10?,11-/m1/s1. The Balaban J connectivity index is 2.83. The van der Waals surface area contributed by atoms with Crippen LogP contribution < -0.4 is 15.2 Å². The van der Waals surface area contributed by atoms with Gasteiger partial charge in [0.05, 0.1) is 13.2 Å². The van der Waals surface area contributed by atoms with Crippen LogP contribution in [0.25, 0.3) is 0 Å². The Kier molecular flexibility index (Phi) is 5.95. The lowest BCUT2D eigenvalue weighted by Crippen LogP contribution is -2.17. The molecular weight excluding hydrogens is 230 g/mol. The van der Waals surface area contributed by atoms with Crippen molar-refractivity contribution in [3.63, 3.8) is 0 Å². The molecule has 0 saturated heterocycles. The van der Waals surface area contributed by atoms with E-state index >= 15 is 0 Å². The molecule has 0 aliphatic rings. The highest BCUT2D eigenvalue weighted by Crippen LogP contribution is 2.29. The second kappa shape index (κ2) is 7.24. The zero-order chi connectivity index (χ0) is 13.5. The number of ether oxygens (including phenoxy) is 3. The maximum Gasteiger partial charge on any atom is 0.128 e. The van der Waals surface area contributed by atoms with Gasteiger partial charge in [-0.15, -0.1) is 0 Å². The number of methoxy groups -OCH3 is 2. The van der Waals surface area contributed by atoms with Gasteiger partial charge in [0, 0.05) is 37.8 Å². The van der Waals surface area contributed by atoms with Crippen molar-refractivity contribution in [1.29, 1.82) is 0 Å². The van der Waals surface area contributed by atoms with Crippen LogP contribution in [0.15, 0.2) is 18.2 Å². The number of rotatable bonds is 7. The molecule has 2 N–H and O–H groups in total. The molecule has 1 unspecified atom stereocenters. The van der Waals surface area contributed by atoms with Gasteiger partial charge in [-0.1, -0.05) is 6.07 Å². The van der Waals surface area contributed by atoms with Crippen LogP contribution >= 0.6 is 0 Å². The van der Waals surface area contributed by atoms with Gasteiger partial charge in [0.25, 0.3) is 0 Å². The van der Waals surface area contributed by atoms with Crippen molar-refractivity contribution in [2.24, 2.45) is 5.73 Å². The molecule has 0 fully saturated rings. The molecule has 0 radical (unpaired) electrons. The first kappa shape index (κ1) is 14.8. The molecule has 0 aliphatic carbocycles. The smallest absolute Gasteiger partial charge is 0.128 e. The molecule has 4 nitrogen and oxygen atoms in total. The van der Waals surface area contributed by atoms with Crippen LogP contribution in [0.2, 0.25) is 0 Å². The normalized spacial score (nSPS) is 14.1. The van der Waals surface area contributed by atoms with Crippen molar-refractivity contribution in [2.45, 2.75) is 32.4 Å². The molecule has 102 valence electrons. The Bertz CT molecular complexity index is 366. The van der Waals surface area contributed by atoms with Crippen molar-refractivity contribution in [2.75, 3.05) is 20.8 Å². The van der Waals surface area contributed by atoms with Gasteiger partial charge in [-0.25, -0.2) is 0 Å². The summed E-state index contributed by atoms with van der Waals surface area (Å²) in [5, 5.41) is 0. The Morgan fingerprint density at radius 1 is 1.22 bits per heavy atom. The number of hydrogen-bond acceptors (Lipinski definition) is 4. The fourth-order valence-electron chi connectivity index (χ4n) is 1.68. The number of hydrogen-bond donors (Lipinski definition) is 1. The topological polar surface area (TPSA) is 53.7 Å². The molecule has 0 saturated carbocycles. The van der Waals surface area contributed by atoms with Gasteiger partial charge in [-0.3, -0.25) is 0 Å². The van der Waals surface area contributed by atoms with Gasteiger partial charge >= 0.3 is 0 Å². The lowest BCUT2D eigenvalue weighted by molar-refractivity contribution is 0.134. The van der Waals surface area contributed by atoms with Gasteiger partial charge < -0.3 is 19.9 Å². The fourth-order valence-corrected chi connectivity index (χ4v) is 1.68. The van der Waals surface area contributed by atoms with E-state index in [4.69, 9.17) is 19.9 Å². The molecule has 0 aromatic heterocycles. The van der Waals surface area contributed by atoms with Crippen LogP contribution in [0.1, 0.15) is 31.9 Å². The third-order valence-electron chi connectivity index (χ3n) is 2.77. The molecule has 2 atom stereocenters. The summed E-state index contributed by atoms with van der Waals surface area (Å²) >= 11 is 0. The highest BCUT2D eigenvalue weighted by molar-refractivity contribution is 5.42. The summed E-state index contributed by atoms with van der Waals surface area (Å²) in [4.78, 5) is 0. The molecular formula is C14H23NO3. The molecule has 1 rings (SSSR count). The Morgan fingerprint density at radius 3 is 2.50 bits per heavy atom. The minimum absolute atomic E-state index is 0.0690. The van der Waals surface area contributed by atoms with E-state index in [0.29, 0.717) is 6.61 Å². The molecule has 0 aliphatic heterocycles. The summed E-state index contributed by atoms with van der Waals surface area (Å²) in [6.07, 6.45) is 0.918. The summed E-state index contributed by atoms with van der Waals surface area (Å²) < 4.78 is 16.2. The average Bonchev–Trinajstić information content (AvgIpc) is 2.35. The zero-order valence-corrected chi connectivity index (χ0v) is 11.6. The van der Waals surface area contributed by atoms with E-state index < -0.39 is 0 Å². The van der Waals surface area contributed by atoms with E-state index in [0.717, 1.165) is 23.5 Å². The minimum atomic E-state index is -0.0690. The molecule has 0 heterocycles. The third-order valence-corrected chi connectivity index (χ3v) is 2.77. The number of benzene rings is 1. The lowest BCUT2D eigenvalue weighted by atomic mass is 10.1. The van der Waals surface area contributed by atoms with Gasteiger partial charge in [-0.2, -0.15) is 0 Å². The van der Waals surface area contributed by atoms with Crippen LogP contribution in [-0.2, 0) is 4.74 Å². The van der Waals surface area contributed by atoms with Crippen molar-refractivity contribution in [1.82, 2.24) is 0 Å². The SMILES string of the molecule is COCCC(C)Oc1cc(OC)ccc1[C@@H](C)N. The van der Waals surface area contributed by atoms with E-state index in [1.807, 2.05) is 32.0 Å². The molecule has 18 heavy (non-hydrogen) atoms. The van der Waals surface area contributed by atoms with Gasteiger partial charge in [-0.05, 0) is 19.9 Å². The van der Waals surface area contributed by atoms with Crippen molar-refractivity contribution < 1.29 is 14.2 Å².